The van der Waals surface area contributed by atoms with Gasteiger partial charge >= 0.3 is 6.09 Å². The van der Waals surface area contributed by atoms with Gasteiger partial charge in [-0.25, -0.2) is 19.7 Å². The maximum atomic E-state index is 11.8. The second kappa shape index (κ2) is 20.2. The third-order valence-electron chi connectivity index (χ3n) is 8.06. The molecule has 2 aliphatic rings. The van der Waals surface area contributed by atoms with Crippen molar-refractivity contribution in [3.63, 3.8) is 0 Å². The summed E-state index contributed by atoms with van der Waals surface area (Å²) < 4.78 is 5.28. The molecule has 6 rings (SSSR count). The van der Waals surface area contributed by atoms with E-state index >= 15 is 0 Å². The number of nitrogens with zero attached hydrogens (tertiary/aromatic N) is 6. The molecular formula is C36H45Cl3N10O3. The minimum absolute atomic E-state index is 0.165. The number of ether oxygens (including phenoxy) is 1. The Morgan fingerprint density at radius 2 is 1.27 bits per heavy atom. The van der Waals surface area contributed by atoms with Crippen molar-refractivity contribution in [2.75, 3.05) is 10.6 Å². The molecule has 13 nitrogen and oxygen atoms in total. The van der Waals surface area contributed by atoms with Gasteiger partial charge in [-0.05, 0) is 78.2 Å². The quantitative estimate of drug-likeness (QED) is 0.134. The van der Waals surface area contributed by atoms with E-state index in [1.54, 1.807) is 24.7 Å². The predicted molar refractivity (Wildman–Crippen MR) is 205 cm³/mol. The number of alkyl carbamates (subject to hydrolysis) is 1. The molecule has 3 aromatic heterocycles. The first kappa shape index (κ1) is 40.6. The number of anilines is 2. The van der Waals surface area contributed by atoms with E-state index in [9.17, 15) is 9.59 Å². The first-order valence-electron chi connectivity index (χ1n) is 17.1. The van der Waals surface area contributed by atoms with E-state index in [1.807, 2.05) is 39.0 Å². The second-order valence-electron chi connectivity index (χ2n) is 13.5. The number of hydrogen-bond donors (Lipinski definition) is 4. The number of nitrogens with one attached hydrogen (secondary N) is 3. The van der Waals surface area contributed by atoms with Crippen LogP contribution in [0.3, 0.4) is 0 Å². The maximum Gasteiger partial charge on any atom is 0.407 e. The van der Waals surface area contributed by atoms with Gasteiger partial charge in [-0.3, -0.25) is 19.7 Å². The third kappa shape index (κ3) is 14.8. The minimum Gasteiger partial charge on any atom is -0.444 e. The number of aromatic nitrogens is 6. The number of rotatable bonds is 7. The number of carbonyl (C=O) groups excluding carboxylic acids is 2. The van der Waals surface area contributed by atoms with Gasteiger partial charge in [0.1, 0.15) is 39.0 Å². The monoisotopic (exact) mass is 770 g/mol. The van der Waals surface area contributed by atoms with Crippen LogP contribution in [0, 0.1) is 0 Å². The predicted octanol–water partition coefficient (Wildman–Crippen LogP) is 7.80. The zero-order valence-corrected chi connectivity index (χ0v) is 31.7. The number of nitrogens with two attached hydrogens (primary N) is 1. The zero-order valence-electron chi connectivity index (χ0n) is 29.4. The van der Waals surface area contributed by atoms with Gasteiger partial charge in [-0.1, -0.05) is 53.0 Å². The SMILES string of the molecule is CC(C)(C)OC(=O)NC1CCC(Nc2cncc(Cl)n2)CC1.Clc1cncc(Cl)n1.NC1CCC(Nc2cncc(-c3cccc(C=O)c3)n2)CC1. The Kier molecular flexibility index (Phi) is 15.7. The Labute approximate surface area is 319 Å². The van der Waals surface area contributed by atoms with E-state index in [0.717, 1.165) is 74.7 Å². The Hall–Kier alpha value is -4.17. The van der Waals surface area contributed by atoms with E-state index < -0.39 is 5.60 Å². The van der Waals surface area contributed by atoms with Crippen molar-refractivity contribution in [1.82, 2.24) is 35.2 Å². The van der Waals surface area contributed by atoms with Gasteiger partial charge in [0.15, 0.2) is 0 Å². The molecule has 0 bridgehead atoms. The number of aldehydes is 1. The summed E-state index contributed by atoms with van der Waals surface area (Å²) in [5, 5.41) is 10.7. The van der Waals surface area contributed by atoms with Gasteiger partial charge in [0.05, 0.1) is 42.9 Å². The van der Waals surface area contributed by atoms with Crippen LogP contribution in [0.2, 0.25) is 15.5 Å². The highest BCUT2D eigenvalue weighted by Crippen LogP contribution is 2.24. The fourth-order valence-electron chi connectivity index (χ4n) is 5.62. The van der Waals surface area contributed by atoms with Crippen LogP contribution in [0.4, 0.5) is 16.4 Å². The topological polar surface area (TPSA) is 183 Å². The molecule has 2 saturated carbocycles. The number of benzene rings is 1. The van der Waals surface area contributed by atoms with Crippen LogP contribution in [0.1, 0.15) is 82.5 Å². The van der Waals surface area contributed by atoms with Gasteiger partial charge in [0.2, 0.25) is 0 Å². The summed E-state index contributed by atoms with van der Waals surface area (Å²) in [6, 6.07) is 8.61. The molecule has 16 heteroatoms. The van der Waals surface area contributed by atoms with Crippen LogP contribution in [0.25, 0.3) is 11.3 Å². The van der Waals surface area contributed by atoms with Crippen molar-refractivity contribution in [3.05, 3.63) is 82.5 Å². The van der Waals surface area contributed by atoms with E-state index in [0.29, 0.717) is 45.0 Å². The van der Waals surface area contributed by atoms with Crippen LogP contribution in [0.5, 0.6) is 0 Å². The molecule has 1 aromatic carbocycles. The summed E-state index contributed by atoms with van der Waals surface area (Å²) >= 11 is 16.6. The van der Waals surface area contributed by atoms with E-state index in [4.69, 9.17) is 45.3 Å². The molecule has 1 amide bonds. The number of amides is 1. The molecule has 3 heterocycles. The first-order chi connectivity index (χ1) is 24.8. The van der Waals surface area contributed by atoms with E-state index in [2.05, 4.69) is 45.9 Å². The van der Waals surface area contributed by atoms with Crippen molar-refractivity contribution in [1.29, 1.82) is 0 Å². The molecular weight excluding hydrogens is 727 g/mol. The largest absolute Gasteiger partial charge is 0.444 e. The second-order valence-corrected chi connectivity index (χ2v) is 14.7. The number of halogens is 3. The van der Waals surface area contributed by atoms with Gasteiger partial charge in [0.25, 0.3) is 0 Å². The van der Waals surface area contributed by atoms with Crippen LogP contribution >= 0.6 is 34.8 Å². The van der Waals surface area contributed by atoms with Gasteiger partial charge in [0, 0.05) is 35.3 Å². The lowest BCUT2D eigenvalue weighted by Crippen LogP contribution is -2.42. The molecule has 0 aliphatic heterocycles. The normalized spacial score (nSPS) is 19.8. The van der Waals surface area contributed by atoms with Crippen LogP contribution in [-0.4, -0.2) is 72.1 Å². The van der Waals surface area contributed by atoms with Gasteiger partial charge in [-0.15, -0.1) is 0 Å². The summed E-state index contributed by atoms with van der Waals surface area (Å²) in [4.78, 5) is 47.0. The summed E-state index contributed by atoms with van der Waals surface area (Å²) in [5.74, 6) is 1.46. The van der Waals surface area contributed by atoms with Crippen LogP contribution in [0.15, 0.2) is 61.4 Å². The molecule has 0 spiro atoms. The first-order valence-corrected chi connectivity index (χ1v) is 18.2. The molecule has 4 aromatic rings. The lowest BCUT2D eigenvalue weighted by Gasteiger charge is -2.30. The molecule has 0 unspecified atom stereocenters. The highest BCUT2D eigenvalue weighted by atomic mass is 35.5. The van der Waals surface area contributed by atoms with Crippen molar-refractivity contribution in [3.8, 4) is 11.3 Å². The van der Waals surface area contributed by atoms with Crippen molar-refractivity contribution in [2.45, 2.75) is 102 Å². The lowest BCUT2D eigenvalue weighted by molar-refractivity contribution is 0.0492. The summed E-state index contributed by atoms with van der Waals surface area (Å²) in [7, 11) is 0. The minimum atomic E-state index is -0.464. The Morgan fingerprint density at radius 1 is 0.750 bits per heavy atom. The third-order valence-corrected chi connectivity index (χ3v) is 8.60. The van der Waals surface area contributed by atoms with Gasteiger partial charge in [-0.2, -0.15) is 0 Å². The summed E-state index contributed by atoms with van der Waals surface area (Å²) in [6.45, 7) is 5.58. The fraction of sp³-hybridized carbons (Fsp3) is 0.444. The Balaban J connectivity index is 0.000000192. The van der Waals surface area contributed by atoms with Crippen molar-refractivity contribution < 1.29 is 14.3 Å². The Bertz CT molecular complexity index is 1710. The van der Waals surface area contributed by atoms with Crippen LogP contribution in [-0.2, 0) is 4.74 Å². The number of carbonyl (C=O) groups is 2. The molecule has 2 fully saturated rings. The molecule has 5 N–H and O–H groups in total. The average Bonchev–Trinajstić information content (AvgIpc) is 3.10. The van der Waals surface area contributed by atoms with Crippen molar-refractivity contribution >= 4 is 58.8 Å². The molecule has 0 saturated heterocycles. The molecule has 2 aliphatic carbocycles. The lowest BCUT2D eigenvalue weighted by atomic mass is 9.91. The fourth-order valence-corrected chi connectivity index (χ4v) is 6.10. The van der Waals surface area contributed by atoms with E-state index in [1.165, 1.54) is 18.6 Å². The average molecular weight is 772 g/mol. The molecule has 0 atom stereocenters. The van der Waals surface area contributed by atoms with Gasteiger partial charge < -0.3 is 26.4 Å². The van der Waals surface area contributed by atoms with Crippen LogP contribution < -0.4 is 21.7 Å². The Morgan fingerprint density at radius 3 is 1.81 bits per heavy atom. The maximum absolute atomic E-state index is 11.8. The molecule has 278 valence electrons. The summed E-state index contributed by atoms with van der Waals surface area (Å²) in [6.07, 6.45) is 17.9. The smallest absolute Gasteiger partial charge is 0.407 e. The highest BCUT2D eigenvalue weighted by Gasteiger charge is 2.25. The highest BCUT2D eigenvalue weighted by molar-refractivity contribution is 6.32. The molecule has 52 heavy (non-hydrogen) atoms. The van der Waals surface area contributed by atoms with E-state index in [-0.39, 0.29) is 12.1 Å². The summed E-state index contributed by atoms with van der Waals surface area (Å²) in [5.41, 5.74) is 7.77. The number of hydrogen-bond acceptors (Lipinski definition) is 12. The standard InChI is InChI=1S/C17H20N4O.C15H23ClN4O2.C4H2Cl2N2/c18-14-4-6-15(7-5-14)20-17-10-19-9-16(21-17)13-3-1-2-12(8-13)11-22;1-15(2,3)22-14(21)19-11-6-4-10(5-7-11)18-13-9-17-8-12(16)20-13;5-3-1-7-2-4(6)8-3/h1-3,8-11,14-15H,4-7,18H2,(H,20,21);8-11H,4-7H2,1-3H3,(H,18,20)(H,19,21);1-2H. The molecule has 0 radical (unpaired) electrons. The van der Waals surface area contributed by atoms with Crippen molar-refractivity contribution in [2.24, 2.45) is 5.73 Å². The zero-order chi connectivity index (χ0) is 37.5.